The van der Waals surface area contributed by atoms with Crippen LogP contribution in [0.25, 0.3) is 0 Å². The summed E-state index contributed by atoms with van der Waals surface area (Å²) in [5.41, 5.74) is 1.14. The van der Waals surface area contributed by atoms with E-state index in [1.165, 1.54) is 0 Å². The van der Waals surface area contributed by atoms with E-state index in [-0.39, 0.29) is 0 Å². The maximum atomic E-state index is 6.13. The van der Waals surface area contributed by atoms with Crippen molar-refractivity contribution in [2.24, 2.45) is 5.92 Å². The van der Waals surface area contributed by atoms with Gasteiger partial charge in [0.2, 0.25) is 0 Å². The van der Waals surface area contributed by atoms with E-state index >= 15 is 0 Å². The maximum absolute atomic E-state index is 6.13. The van der Waals surface area contributed by atoms with Crippen LogP contribution in [0.2, 0.25) is 5.02 Å². The van der Waals surface area contributed by atoms with E-state index < -0.39 is 0 Å². The lowest BCUT2D eigenvalue weighted by Gasteiger charge is -2.09. The fourth-order valence-corrected chi connectivity index (χ4v) is 2.20. The average Bonchev–Trinajstić information content (AvgIpc) is 2.25. The lowest BCUT2D eigenvalue weighted by molar-refractivity contribution is 0.535. The monoisotopic (exact) mass is 318 g/mol. The molecule has 2 nitrogen and oxygen atoms in total. The molecule has 0 radical (unpaired) electrons. The molecule has 0 aliphatic carbocycles. The first-order valence-electron chi connectivity index (χ1n) is 5.95. The second kappa shape index (κ2) is 8.09. The summed E-state index contributed by atoms with van der Waals surface area (Å²) >= 11 is 9.52. The number of hydrogen-bond donors (Lipinski definition) is 2. The summed E-state index contributed by atoms with van der Waals surface area (Å²) in [5.74, 6) is 0.705. The first-order chi connectivity index (χ1) is 8.09. The largest absolute Gasteiger partial charge is 0.315 e. The molecule has 4 heteroatoms. The van der Waals surface area contributed by atoms with Crippen molar-refractivity contribution in [1.29, 1.82) is 0 Å². The van der Waals surface area contributed by atoms with Crippen molar-refractivity contribution in [3.63, 3.8) is 0 Å². The molecule has 0 amide bonds. The van der Waals surface area contributed by atoms with Crippen LogP contribution >= 0.6 is 27.5 Å². The van der Waals surface area contributed by atoms with Crippen LogP contribution in [0.1, 0.15) is 19.4 Å². The summed E-state index contributed by atoms with van der Waals surface area (Å²) in [7, 11) is 0. The zero-order valence-corrected chi connectivity index (χ0v) is 12.7. The van der Waals surface area contributed by atoms with E-state index in [0.29, 0.717) is 5.92 Å². The van der Waals surface area contributed by atoms with Gasteiger partial charge in [0.25, 0.3) is 0 Å². The topological polar surface area (TPSA) is 24.1 Å². The van der Waals surface area contributed by atoms with Gasteiger partial charge in [-0.2, -0.15) is 0 Å². The zero-order valence-electron chi connectivity index (χ0n) is 10.4. The molecule has 1 aromatic carbocycles. The summed E-state index contributed by atoms with van der Waals surface area (Å²) in [6.45, 7) is 8.26. The predicted molar refractivity (Wildman–Crippen MR) is 78.6 cm³/mol. The normalized spacial score (nSPS) is 11.1. The summed E-state index contributed by atoms with van der Waals surface area (Å²) in [6, 6.07) is 5.98. The van der Waals surface area contributed by atoms with Crippen LogP contribution in [-0.4, -0.2) is 19.6 Å². The SMILES string of the molecule is CC(C)CNCCNCc1ccc(Br)cc1Cl. The Kier molecular flexibility index (Phi) is 7.12. The molecule has 0 fully saturated rings. The Morgan fingerprint density at radius 3 is 2.59 bits per heavy atom. The quantitative estimate of drug-likeness (QED) is 0.752. The van der Waals surface area contributed by atoms with Crippen LogP contribution in [0.15, 0.2) is 22.7 Å². The minimum atomic E-state index is 0.705. The highest BCUT2D eigenvalue weighted by Gasteiger charge is 2.00. The Bertz CT molecular complexity index is 342. The van der Waals surface area contributed by atoms with Crippen LogP contribution in [0, 0.1) is 5.92 Å². The zero-order chi connectivity index (χ0) is 12.7. The van der Waals surface area contributed by atoms with Gasteiger partial charge in [-0.1, -0.05) is 47.4 Å². The molecular weight excluding hydrogens is 300 g/mol. The smallest absolute Gasteiger partial charge is 0.0462 e. The minimum absolute atomic E-state index is 0.705. The Labute approximate surface area is 117 Å². The van der Waals surface area contributed by atoms with Crippen molar-refractivity contribution in [2.75, 3.05) is 19.6 Å². The lowest BCUT2D eigenvalue weighted by Crippen LogP contribution is -2.29. The molecule has 1 rings (SSSR count). The van der Waals surface area contributed by atoms with Crippen LogP contribution in [0.3, 0.4) is 0 Å². The summed E-state index contributed by atoms with van der Waals surface area (Å²) in [5, 5.41) is 7.57. The Balaban J connectivity index is 2.18. The molecule has 0 saturated heterocycles. The third-order valence-electron chi connectivity index (χ3n) is 2.36. The highest BCUT2D eigenvalue weighted by Crippen LogP contribution is 2.20. The molecule has 0 heterocycles. The molecule has 0 saturated carbocycles. The summed E-state index contributed by atoms with van der Waals surface area (Å²) in [4.78, 5) is 0. The summed E-state index contributed by atoms with van der Waals surface area (Å²) in [6.07, 6.45) is 0. The number of hydrogen-bond acceptors (Lipinski definition) is 2. The molecule has 17 heavy (non-hydrogen) atoms. The van der Waals surface area contributed by atoms with Crippen molar-refractivity contribution in [3.05, 3.63) is 33.3 Å². The predicted octanol–water partition coefficient (Wildman–Crippen LogP) is 3.44. The second-order valence-corrected chi connectivity index (χ2v) is 5.83. The van der Waals surface area contributed by atoms with Crippen LogP contribution in [0.5, 0.6) is 0 Å². The van der Waals surface area contributed by atoms with E-state index in [4.69, 9.17) is 11.6 Å². The molecule has 96 valence electrons. The lowest BCUT2D eigenvalue weighted by atomic mass is 10.2. The molecular formula is C13H20BrClN2. The van der Waals surface area contributed by atoms with Gasteiger partial charge in [-0.25, -0.2) is 0 Å². The van der Waals surface area contributed by atoms with Gasteiger partial charge in [-0.3, -0.25) is 0 Å². The van der Waals surface area contributed by atoms with Crippen molar-refractivity contribution < 1.29 is 0 Å². The van der Waals surface area contributed by atoms with E-state index in [0.717, 1.165) is 41.2 Å². The van der Waals surface area contributed by atoms with Crippen LogP contribution in [0.4, 0.5) is 0 Å². The highest BCUT2D eigenvalue weighted by molar-refractivity contribution is 9.10. The third kappa shape index (κ3) is 6.41. The standard InChI is InChI=1S/C13H20BrClN2/c1-10(2)8-16-5-6-17-9-11-3-4-12(14)7-13(11)15/h3-4,7,10,16-17H,5-6,8-9H2,1-2H3. The van der Waals surface area contributed by atoms with Crippen molar-refractivity contribution >= 4 is 27.5 Å². The molecule has 0 atom stereocenters. The van der Waals surface area contributed by atoms with Crippen molar-refractivity contribution in [1.82, 2.24) is 10.6 Å². The van der Waals surface area contributed by atoms with Crippen LogP contribution in [-0.2, 0) is 6.54 Å². The first-order valence-corrected chi connectivity index (χ1v) is 7.12. The first kappa shape index (κ1) is 15.0. The van der Waals surface area contributed by atoms with E-state index in [9.17, 15) is 0 Å². The average molecular weight is 320 g/mol. The third-order valence-corrected chi connectivity index (χ3v) is 3.21. The minimum Gasteiger partial charge on any atom is -0.315 e. The fraction of sp³-hybridized carbons (Fsp3) is 0.538. The molecule has 1 aromatic rings. The van der Waals surface area contributed by atoms with E-state index in [2.05, 4.69) is 40.4 Å². The Hall–Kier alpha value is -0.0900. The van der Waals surface area contributed by atoms with Gasteiger partial charge in [-0.05, 0) is 30.2 Å². The molecule has 0 aliphatic rings. The van der Waals surface area contributed by atoms with Gasteiger partial charge in [0.1, 0.15) is 0 Å². The molecule has 0 aliphatic heterocycles. The molecule has 0 spiro atoms. The van der Waals surface area contributed by atoms with Crippen LogP contribution < -0.4 is 10.6 Å². The number of benzene rings is 1. The van der Waals surface area contributed by atoms with Crippen molar-refractivity contribution in [3.8, 4) is 0 Å². The van der Waals surface area contributed by atoms with Gasteiger partial charge in [0, 0.05) is 29.1 Å². The van der Waals surface area contributed by atoms with Gasteiger partial charge >= 0.3 is 0 Å². The van der Waals surface area contributed by atoms with E-state index in [1.54, 1.807) is 0 Å². The van der Waals surface area contributed by atoms with Gasteiger partial charge in [-0.15, -0.1) is 0 Å². The maximum Gasteiger partial charge on any atom is 0.0462 e. The van der Waals surface area contributed by atoms with Gasteiger partial charge in [0.05, 0.1) is 0 Å². The number of nitrogens with one attached hydrogen (secondary N) is 2. The highest BCUT2D eigenvalue weighted by atomic mass is 79.9. The van der Waals surface area contributed by atoms with Gasteiger partial charge in [0.15, 0.2) is 0 Å². The second-order valence-electron chi connectivity index (χ2n) is 4.51. The summed E-state index contributed by atoms with van der Waals surface area (Å²) < 4.78 is 1.02. The fourth-order valence-electron chi connectivity index (χ4n) is 1.46. The van der Waals surface area contributed by atoms with E-state index in [1.807, 2.05) is 18.2 Å². The number of rotatable bonds is 7. The Morgan fingerprint density at radius 1 is 1.24 bits per heavy atom. The number of halogens is 2. The Morgan fingerprint density at radius 2 is 1.94 bits per heavy atom. The molecule has 2 N–H and O–H groups in total. The molecule has 0 bridgehead atoms. The molecule has 0 unspecified atom stereocenters. The molecule has 0 aromatic heterocycles. The van der Waals surface area contributed by atoms with Crippen molar-refractivity contribution in [2.45, 2.75) is 20.4 Å². The van der Waals surface area contributed by atoms with Gasteiger partial charge < -0.3 is 10.6 Å².